The van der Waals surface area contributed by atoms with E-state index >= 15 is 0 Å². The van der Waals surface area contributed by atoms with Crippen molar-refractivity contribution in [1.82, 2.24) is 9.80 Å². The molecule has 0 spiro atoms. The van der Waals surface area contributed by atoms with Gasteiger partial charge in [-0.3, -0.25) is 4.79 Å². The normalized spacial score (nSPS) is 28.1. The second-order valence-electron chi connectivity index (χ2n) is 11.8. The van der Waals surface area contributed by atoms with Crippen LogP contribution in [0, 0.1) is 11.8 Å². The number of carboxylic acids is 1. The average Bonchev–Trinajstić information content (AvgIpc) is 3.33. The summed E-state index contributed by atoms with van der Waals surface area (Å²) < 4.78 is 11.7. The van der Waals surface area contributed by atoms with Gasteiger partial charge in [0.05, 0.1) is 30.2 Å². The van der Waals surface area contributed by atoms with E-state index in [0.29, 0.717) is 18.5 Å². The van der Waals surface area contributed by atoms with Crippen molar-refractivity contribution < 1.29 is 33.8 Å². The van der Waals surface area contributed by atoms with E-state index in [-0.39, 0.29) is 47.7 Å². The van der Waals surface area contributed by atoms with Crippen LogP contribution in [0.15, 0.2) is 23.9 Å². The van der Waals surface area contributed by atoms with Crippen LogP contribution < -0.4 is 0 Å². The third kappa shape index (κ3) is 4.99. The second kappa shape index (κ2) is 10.3. The van der Waals surface area contributed by atoms with Crippen molar-refractivity contribution >= 4 is 26.3 Å². The molecular formula is C26H42N2O7Si. The number of hydrogen-bond donors (Lipinski definition) is 2. The van der Waals surface area contributed by atoms with Crippen molar-refractivity contribution in [3.05, 3.63) is 23.9 Å². The minimum absolute atomic E-state index is 0.0191. The van der Waals surface area contributed by atoms with Crippen LogP contribution in [-0.2, 0) is 18.8 Å². The number of carbonyl (C=O) groups is 3. The first-order chi connectivity index (χ1) is 16.6. The molecule has 3 aliphatic rings. The first kappa shape index (κ1) is 28.4. The van der Waals surface area contributed by atoms with E-state index in [4.69, 9.17) is 9.16 Å². The highest BCUT2D eigenvalue weighted by molar-refractivity contribution is 6.74. The molecule has 2 N–H and O–H groups in total. The Bertz CT molecular complexity index is 941. The van der Waals surface area contributed by atoms with Gasteiger partial charge >= 0.3 is 12.1 Å². The van der Waals surface area contributed by atoms with Crippen molar-refractivity contribution in [1.29, 1.82) is 0 Å². The summed E-state index contributed by atoms with van der Waals surface area (Å²) in [6.07, 6.45) is 1.05. The molecular weight excluding hydrogens is 480 g/mol. The van der Waals surface area contributed by atoms with Crippen LogP contribution in [0.4, 0.5) is 4.79 Å². The molecule has 36 heavy (non-hydrogen) atoms. The van der Waals surface area contributed by atoms with Gasteiger partial charge in [0.2, 0.25) is 5.91 Å². The Morgan fingerprint density at radius 2 is 1.94 bits per heavy atom. The number of fused-ring (bicyclic) bond motifs is 1. The van der Waals surface area contributed by atoms with E-state index in [1.54, 1.807) is 0 Å². The van der Waals surface area contributed by atoms with Crippen molar-refractivity contribution in [2.45, 2.75) is 96.3 Å². The Kier molecular flexibility index (Phi) is 8.12. The van der Waals surface area contributed by atoms with Gasteiger partial charge in [-0.25, -0.2) is 9.59 Å². The number of likely N-dealkylation sites (tertiary alicyclic amines) is 1. The van der Waals surface area contributed by atoms with Crippen molar-refractivity contribution in [3.63, 3.8) is 0 Å². The van der Waals surface area contributed by atoms with Crippen LogP contribution in [0.1, 0.15) is 53.9 Å². The summed E-state index contributed by atoms with van der Waals surface area (Å²) in [6.45, 7) is 18.6. The SMILES string of the molecule is C=CCOC(=O)N1CCC[C@H]1C(O)CC1=C(C(=O)O)N2C(=O)[C@H]([C@@H](C)O[Si](C)(C)C(C)(C)C)[C@H]2[C@H]1C. The van der Waals surface area contributed by atoms with E-state index in [1.165, 1.54) is 15.9 Å². The molecule has 6 atom stereocenters. The minimum Gasteiger partial charge on any atom is -0.477 e. The maximum absolute atomic E-state index is 13.2. The number of nitrogens with zero attached hydrogens (tertiary/aromatic N) is 2. The van der Waals surface area contributed by atoms with E-state index in [1.807, 2.05) is 13.8 Å². The zero-order valence-electron chi connectivity index (χ0n) is 22.6. The highest BCUT2D eigenvalue weighted by atomic mass is 28.4. The molecule has 2 fully saturated rings. The fourth-order valence-electron chi connectivity index (χ4n) is 5.61. The Labute approximate surface area is 215 Å². The predicted octanol–water partition coefficient (Wildman–Crippen LogP) is 3.75. The fraction of sp³-hybridized carbons (Fsp3) is 0.731. The van der Waals surface area contributed by atoms with Gasteiger partial charge in [-0.15, -0.1) is 0 Å². The zero-order valence-corrected chi connectivity index (χ0v) is 23.6. The van der Waals surface area contributed by atoms with Gasteiger partial charge in [0.15, 0.2) is 8.32 Å². The molecule has 1 unspecified atom stereocenters. The highest BCUT2D eigenvalue weighted by Gasteiger charge is 2.61. The number of ether oxygens (including phenoxy) is 1. The summed E-state index contributed by atoms with van der Waals surface area (Å²) in [5.74, 6) is -2.10. The molecule has 3 aliphatic heterocycles. The van der Waals surface area contributed by atoms with Crippen molar-refractivity contribution in [2.75, 3.05) is 13.2 Å². The van der Waals surface area contributed by atoms with Crippen molar-refractivity contribution in [3.8, 4) is 0 Å². The number of hydrogen-bond acceptors (Lipinski definition) is 6. The number of aliphatic hydroxyl groups excluding tert-OH is 1. The van der Waals surface area contributed by atoms with Gasteiger partial charge in [0, 0.05) is 12.5 Å². The van der Waals surface area contributed by atoms with Crippen LogP contribution in [0.2, 0.25) is 18.1 Å². The lowest BCUT2D eigenvalue weighted by molar-refractivity contribution is -0.162. The van der Waals surface area contributed by atoms with E-state index in [2.05, 4.69) is 40.4 Å². The maximum Gasteiger partial charge on any atom is 0.410 e. The third-order valence-electron chi connectivity index (χ3n) is 8.52. The standard InChI is InChI=1S/C26H42N2O7Si/c1-9-13-34-25(33)27-12-10-11-18(27)19(29)14-17-15(2)21-20(23(30)28(21)22(17)24(31)32)16(3)35-36(7,8)26(4,5)6/h9,15-16,18-21,29H,1,10-14H2,2-8H3,(H,31,32)/t15-,16+,18-,19?,20+,21+/m0/s1. The third-order valence-corrected chi connectivity index (χ3v) is 13.1. The molecule has 0 bridgehead atoms. The lowest BCUT2D eigenvalue weighted by atomic mass is 9.77. The molecule has 2 amide bonds. The molecule has 0 aliphatic carbocycles. The second-order valence-corrected chi connectivity index (χ2v) is 16.6. The molecule has 3 heterocycles. The van der Waals surface area contributed by atoms with E-state index in [0.717, 1.165) is 6.42 Å². The Morgan fingerprint density at radius 1 is 1.31 bits per heavy atom. The maximum atomic E-state index is 13.2. The summed E-state index contributed by atoms with van der Waals surface area (Å²) in [6, 6.07) is -0.791. The molecule has 0 aromatic heterocycles. The number of carbonyl (C=O) groups excluding carboxylic acids is 2. The van der Waals surface area contributed by atoms with E-state index in [9.17, 15) is 24.6 Å². The smallest absolute Gasteiger partial charge is 0.410 e. The quantitative estimate of drug-likeness (QED) is 0.269. The van der Waals surface area contributed by atoms with Gasteiger partial charge < -0.3 is 29.2 Å². The summed E-state index contributed by atoms with van der Waals surface area (Å²) in [4.78, 5) is 40.8. The largest absolute Gasteiger partial charge is 0.477 e. The van der Waals surface area contributed by atoms with Crippen LogP contribution in [0.3, 0.4) is 0 Å². The first-order valence-electron chi connectivity index (χ1n) is 12.8. The number of amides is 2. The Morgan fingerprint density at radius 3 is 2.50 bits per heavy atom. The Balaban J connectivity index is 1.79. The molecule has 0 aromatic rings. The van der Waals surface area contributed by atoms with Crippen molar-refractivity contribution in [2.24, 2.45) is 11.8 Å². The Hall–Kier alpha value is -2.17. The molecule has 0 saturated carbocycles. The summed E-state index contributed by atoms with van der Waals surface area (Å²) in [5, 5.41) is 21.1. The topological polar surface area (TPSA) is 117 Å². The molecule has 9 nitrogen and oxygen atoms in total. The lowest BCUT2D eigenvalue weighted by Gasteiger charge is -2.50. The number of β-lactam (4-membered cyclic amide) rings is 1. The molecule has 0 radical (unpaired) electrons. The van der Waals surface area contributed by atoms with Crippen LogP contribution >= 0.6 is 0 Å². The van der Waals surface area contributed by atoms with Gasteiger partial charge in [0.1, 0.15) is 12.3 Å². The van der Waals surface area contributed by atoms with Gasteiger partial charge in [-0.2, -0.15) is 0 Å². The monoisotopic (exact) mass is 522 g/mol. The minimum atomic E-state index is -2.13. The number of aliphatic carboxylic acids is 1. The number of aliphatic hydroxyl groups is 1. The van der Waals surface area contributed by atoms with Gasteiger partial charge in [0.25, 0.3) is 0 Å². The van der Waals surface area contributed by atoms with Crippen LogP contribution in [-0.4, -0.2) is 83.7 Å². The number of rotatable bonds is 9. The zero-order chi connectivity index (χ0) is 27.2. The first-order valence-corrected chi connectivity index (χ1v) is 15.7. The molecule has 2 saturated heterocycles. The number of carboxylic acid groups (broad SMARTS) is 1. The summed E-state index contributed by atoms with van der Waals surface area (Å²) in [7, 11) is -2.13. The lowest BCUT2D eigenvalue weighted by Crippen LogP contribution is -2.65. The van der Waals surface area contributed by atoms with E-state index < -0.39 is 38.4 Å². The highest BCUT2D eigenvalue weighted by Crippen LogP contribution is 2.50. The molecule has 3 rings (SSSR count). The fourth-order valence-corrected chi connectivity index (χ4v) is 7.04. The molecule has 0 aromatic carbocycles. The average molecular weight is 523 g/mol. The molecule has 10 heteroatoms. The summed E-state index contributed by atoms with van der Waals surface area (Å²) in [5.41, 5.74) is 0.507. The van der Waals surface area contributed by atoms with Crippen LogP contribution in [0.25, 0.3) is 0 Å². The molecule has 202 valence electrons. The van der Waals surface area contributed by atoms with Gasteiger partial charge in [-0.05, 0) is 49.9 Å². The van der Waals surface area contributed by atoms with Gasteiger partial charge in [-0.1, -0.05) is 40.3 Å². The van der Waals surface area contributed by atoms with Crippen LogP contribution in [0.5, 0.6) is 0 Å². The predicted molar refractivity (Wildman–Crippen MR) is 138 cm³/mol. The summed E-state index contributed by atoms with van der Waals surface area (Å²) >= 11 is 0.